The summed E-state index contributed by atoms with van der Waals surface area (Å²) < 4.78 is 2.43. The Morgan fingerprint density at radius 3 is 2.43 bits per heavy atom. The predicted octanol–water partition coefficient (Wildman–Crippen LogP) is 1.22. The maximum atomic E-state index is 11.1. The predicted molar refractivity (Wildman–Crippen MR) is 79.8 cm³/mol. The Morgan fingerprint density at radius 1 is 1.19 bits per heavy atom. The molecule has 1 aromatic heterocycles. The number of hydrogen-bond donors (Lipinski definition) is 2. The summed E-state index contributed by atoms with van der Waals surface area (Å²) in [5.41, 5.74) is 9.88. The lowest BCUT2D eigenvalue weighted by molar-refractivity contribution is -0.305. The second-order valence-electron chi connectivity index (χ2n) is 4.40. The standard InChI is InChI=1S/C14H14BrN3O3/c15-10-3-1-9(2-4-10)12-7-5-11(6-8-13(19)20)18(12)17-14(16)21/h1-5,7H,6,8H2,(H,19,20)(H3,16,17,21)/p-1. The molecule has 6 nitrogen and oxygen atoms in total. The van der Waals surface area contributed by atoms with E-state index in [4.69, 9.17) is 5.73 Å². The quantitative estimate of drug-likeness (QED) is 0.847. The molecule has 0 saturated carbocycles. The second-order valence-corrected chi connectivity index (χ2v) is 5.32. The summed E-state index contributed by atoms with van der Waals surface area (Å²) in [6, 6.07) is 10.3. The second kappa shape index (κ2) is 6.45. The first-order valence-corrected chi connectivity index (χ1v) is 6.99. The van der Waals surface area contributed by atoms with Crippen LogP contribution in [0.4, 0.5) is 4.79 Å². The van der Waals surface area contributed by atoms with Crippen molar-refractivity contribution in [3.05, 3.63) is 46.6 Å². The average molecular weight is 351 g/mol. The molecule has 0 aliphatic carbocycles. The zero-order chi connectivity index (χ0) is 15.4. The van der Waals surface area contributed by atoms with Gasteiger partial charge in [-0.05, 0) is 37.1 Å². The van der Waals surface area contributed by atoms with Crippen molar-refractivity contribution < 1.29 is 14.7 Å². The summed E-state index contributed by atoms with van der Waals surface area (Å²) >= 11 is 3.35. The van der Waals surface area contributed by atoms with Crippen molar-refractivity contribution in [2.45, 2.75) is 12.8 Å². The molecule has 0 fully saturated rings. The molecule has 2 amide bonds. The van der Waals surface area contributed by atoms with Gasteiger partial charge >= 0.3 is 6.03 Å². The maximum Gasteiger partial charge on any atom is 0.331 e. The van der Waals surface area contributed by atoms with Crippen LogP contribution in [0.25, 0.3) is 11.3 Å². The molecule has 0 saturated heterocycles. The molecule has 0 aliphatic heterocycles. The number of aryl methyl sites for hydroxylation is 1. The fourth-order valence-electron chi connectivity index (χ4n) is 1.99. The molecule has 21 heavy (non-hydrogen) atoms. The smallest absolute Gasteiger partial charge is 0.331 e. The van der Waals surface area contributed by atoms with E-state index in [0.29, 0.717) is 5.69 Å². The van der Waals surface area contributed by atoms with Gasteiger partial charge in [-0.15, -0.1) is 0 Å². The van der Waals surface area contributed by atoms with E-state index >= 15 is 0 Å². The molecule has 2 rings (SSSR count). The number of carbonyl (C=O) groups is 2. The summed E-state index contributed by atoms with van der Waals surface area (Å²) in [6.07, 6.45) is 0.101. The summed E-state index contributed by atoms with van der Waals surface area (Å²) in [7, 11) is 0. The number of amides is 2. The molecule has 110 valence electrons. The summed E-state index contributed by atoms with van der Waals surface area (Å²) in [5, 5.41) is 10.6. The fraction of sp³-hybridized carbons (Fsp3) is 0.143. The summed E-state index contributed by atoms with van der Waals surface area (Å²) in [4.78, 5) is 21.7. The van der Waals surface area contributed by atoms with Gasteiger partial charge in [0.15, 0.2) is 0 Å². The van der Waals surface area contributed by atoms with Gasteiger partial charge in [0.05, 0.1) is 5.69 Å². The van der Waals surface area contributed by atoms with Crippen molar-refractivity contribution in [1.82, 2.24) is 4.68 Å². The van der Waals surface area contributed by atoms with Crippen LogP contribution in [0.2, 0.25) is 0 Å². The van der Waals surface area contributed by atoms with E-state index in [1.807, 2.05) is 24.3 Å². The number of carboxylic acid groups (broad SMARTS) is 1. The molecule has 1 heterocycles. The number of urea groups is 1. The van der Waals surface area contributed by atoms with Gasteiger partial charge in [-0.3, -0.25) is 4.68 Å². The minimum Gasteiger partial charge on any atom is -0.550 e. The fourth-order valence-corrected chi connectivity index (χ4v) is 2.26. The van der Waals surface area contributed by atoms with Crippen molar-refractivity contribution in [2.24, 2.45) is 5.73 Å². The van der Waals surface area contributed by atoms with Crippen LogP contribution in [0.5, 0.6) is 0 Å². The molecule has 0 aliphatic rings. The number of carbonyl (C=O) groups excluding carboxylic acids is 2. The molecule has 0 unspecified atom stereocenters. The number of nitrogens with two attached hydrogens (primary N) is 1. The molecular formula is C14H13BrN3O3-. The number of aliphatic carboxylic acids is 1. The van der Waals surface area contributed by atoms with E-state index in [-0.39, 0.29) is 12.8 Å². The Morgan fingerprint density at radius 2 is 1.86 bits per heavy atom. The van der Waals surface area contributed by atoms with Crippen molar-refractivity contribution >= 4 is 27.9 Å². The van der Waals surface area contributed by atoms with Crippen LogP contribution in [-0.4, -0.2) is 16.7 Å². The third-order valence-electron chi connectivity index (χ3n) is 2.91. The monoisotopic (exact) mass is 350 g/mol. The molecule has 0 spiro atoms. The Hall–Kier alpha value is -2.28. The van der Waals surface area contributed by atoms with Crippen molar-refractivity contribution in [3.8, 4) is 11.3 Å². The van der Waals surface area contributed by atoms with E-state index in [1.54, 1.807) is 12.1 Å². The lowest BCUT2D eigenvalue weighted by Crippen LogP contribution is -2.30. The highest BCUT2D eigenvalue weighted by molar-refractivity contribution is 9.10. The van der Waals surface area contributed by atoms with Gasteiger partial charge < -0.3 is 15.6 Å². The number of primary amides is 1. The normalized spacial score (nSPS) is 10.3. The SMILES string of the molecule is NC(=O)Nn1c(CCC(=O)[O-])ccc1-c1ccc(Br)cc1. The number of nitrogens with zero attached hydrogens (tertiary/aromatic N) is 1. The number of hydrogen-bond acceptors (Lipinski definition) is 3. The Kier molecular flexibility index (Phi) is 4.64. The van der Waals surface area contributed by atoms with Gasteiger partial charge in [0, 0.05) is 21.7 Å². The van der Waals surface area contributed by atoms with Crippen LogP contribution >= 0.6 is 15.9 Å². The lowest BCUT2D eigenvalue weighted by Gasteiger charge is -2.14. The number of benzene rings is 1. The zero-order valence-corrected chi connectivity index (χ0v) is 12.6. The van der Waals surface area contributed by atoms with E-state index in [9.17, 15) is 14.7 Å². The van der Waals surface area contributed by atoms with Crippen LogP contribution in [0, 0.1) is 0 Å². The topological polar surface area (TPSA) is 100 Å². The molecule has 7 heteroatoms. The Labute approximate surface area is 129 Å². The third kappa shape index (κ3) is 3.85. The minimum absolute atomic E-state index is 0.135. The lowest BCUT2D eigenvalue weighted by atomic mass is 10.2. The highest BCUT2D eigenvalue weighted by Crippen LogP contribution is 2.24. The number of halogens is 1. The van der Waals surface area contributed by atoms with Gasteiger partial charge in [0.25, 0.3) is 0 Å². The van der Waals surface area contributed by atoms with Crippen LogP contribution in [0.3, 0.4) is 0 Å². The highest BCUT2D eigenvalue weighted by Gasteiger charge is 2.11. The van der Waals surface area contributed by atoms with Gasteiger partial charge in [-0.1, -0.05) is 28.1 Å². The zero-order valence-electron chi connectivity index (χ0n) is 11.0. The van der Waals surface area contributed by atoms with Gasteiger partial charge in [0.2, 0.25) is 0 Å². The molecule has 3 N–H and O–H groups in total. The Bertz CT molecular complexity index is 665. The van der Waals surface area contributed by atoms with Crippen molar-refractivity contribution in [1.29, 1.82) is 0 Å². The third-order valence-corrected chi connectivity index (χ3v) is 3.44. The van der Waals surface area contributed by atoms with Crippen LogP contribution < -0.4 is 16.3 Å². The van der Waals surface area contributed by atoms with Crippen LogP contribution in [0.15, 0.2) is 40.9 Å². The van der Waals surface area contributed by atoms with Crippen LogP contribution in [-0.2, 0) is 11.2 Å². The minimum atomic E-state index is -1.15. The average Bonchev–Trinajstić information content (AvgIpc) is 2.79. The van der Waals surface area contributed by atoms with Crippen LogP contribution in [0.1, 0.15) is 12.1 Å². The van der Waals surface area contributed by atoms with Crippen molar-refractivity contribution in [3.63, 3.8) is 0 Å². The number of carboxylic acids is 1. The van der Waals surface area contributed by atoms with E-state index in [1.165, 1.54) is 4.68 Å². The largest absolute Gasteiger partial charge is 0.550 e. The first-order chi connectivity index (χ1) is 9.97. The highest BCUT2D eigenvalue weighted by atomic mass is 79.9. The van der Waals surface area contributed by atoms with Gasteiger partial charge in [-0.2, -0.15) is 0 Å². The molecule has 0 radical (unpaired) electrons. The molecule has 2 aromatic rings. The number of aromatic nitrogens is 1. The summed E-state index contributed by atoms with van der Waals surface area (Å²) in [5.74, 6) is -1.15. The molecule has 1 aromatic carbocycles. The van der Waals surface area contributed by atoms with Crippen molar-refractivity contribution in [2.75, 3.05) is 5.43 Å². The van der Waals surface area contributed by atoms with Gasteiger partial charge in [-0.25, -0.2) is 10.2 Å². The molecule has 0 atom stereocenters. The van der Waals surface area contributed by atoms with E-state index < -0.39 is 12.0 Å². The maximum absolute atomic E-state index is 11.1. The van der Waals surface area contributed by atoms with E-state index in [2.05, 4.69) is 21.4 Å². The first-order valence-electron chi connectivity index (χ1n) is 6.20. The first kappa shape index (κ1) is 15.1. The van der Waals surface area contributed by atoms with E-state index in [0.717, 1.165) is 15.7 Å². The van der Waals surface area contributed by atoms with Gasteiger partial charge in [0.1, 0.15) is 0 Å². The molecular weight excluding hydrogens is 338 g/mol. The summed E-state index contributed by atoms with van der Waals surface area (Å²) in [6.45, 7) is 0. The molecule has 0 bridgehead atoms. The number of rotatable bonds is 5. The Balaban J connectivity index is 2.38. The number of nitrogens with one attached hydrogen (secondary N) is 1.